The van der Waals surface area contributed by atoms with Gasteiger partial charge in [-0.05, 0) is 32.7 Å². The van der Waals surface area contributed by atoms with E-state index in [9.17, 15) is 22.8 Å². The lowest BCUT2D eigenvalue weighted by molar-refractivity contribution is -0.182. The lowest BCUT2D eigenvalue weighted by Crippen LogP contribution is -2.46. The molecule has 0 aliphatic carbocycles. The molecule has 0 N–H and O–H groups in total. The summed E-state index contributed by atoms with van der Waals surface area (Å²) >= 11 is 0. The van der Waals surface area contributed by atoms with E-state index in [1.165, 1.54) is 0 Å². The number of alkyl halides is 3. The second-order valence-electron chi connectivity index (χ2n) is 6.14. The molecule has 128 valence electrons. The molecule has 0 spiro atoms. The average molecular weight is 358 g/mol. The first-order valence-corrected chi connectivity index (χ1v) is 13.0. The number of carbonyl (C=O) groups excluding carboxylic acids is 2. The Morgan fingerprint density at radius 1 is 0.955 bits per heavy atom. The molecule has 0 fully saturated rings. The molecule has 0 aromatic carbocycles. The molecule has 0 aliphatic heterocycles. The van der Waals surface area contributed by atoms with Crippen molar-refractivity contribution in [3.8, 4) is 0 Å². The van der Waals surface area contributed by atoms with E-state index in [4.69, 9.17) is 8.85 Å². The molecule has 0 aromatic heterocycles. The fourth-order valence-corrected chi connectivity index (χ4v) is 8.85. The summed E-state index contributed by atoms with van der Waals surface area (Å²) < 4.78 is 50.2. The van der Waals surface area contributed by atoms with Crippen LogP contribution in [0.1, 0.15) is 0 Å². The zero-order valence-electron chi connectivity index (χ0n) is 13.2. The van der Waals surface area contributed by atoms with Crippen molar-refractivity contribution in [3.63, 3.8) is 0 Å². The Bertz CT molecular complexity index is 427. The second-order valence-corrected chi connectivity index (χ2v) is 15.0. The normalized spacial score (nSPS) is 13.3. The third-order valence-corrected chi connectivity index (χ3v) is 7.38. The van der Waals surface area contributed by atoms with Crippen LogP contribution in [0.5, 0.6) is 0 Å². The highest BCUT2D eigenvalue weighted by Crippen LogP contribution is 2.15. The van der Waals surface area contributed by atoms with E-state index >= 15 is 0 Å². The van der Waals surface area contributed by atoms with Gasteiger partial charge in [0, 0.05) is 12.2 Å². The number of ether oxygens (including phenoxy) is 2. The van der Waals surface area contributed by atoms with Gasteiger partial charge in [0.05, 0.1) is 0 Å². The molecule has 22 heavy (non-hydrogen) atoms. The maximum atomic E-state index is 11.8. The van der Waals surface area contributed by atoms with E-state index in [0.717, 1.165) is 6.08 Å². The van der Waals surface area contributed by atoms with Crippen LogP contribution in [0.2, 0.25) is 32.7 Å². The van der Waals surface area contributed by atoms with Crippen LogP contribution in [0.4, 0.5) is 13.2 Å². The van der Waals surface area contributed by atoms with Crippen LogP contribution in [-0.2, 0) is 23.2 Å². The van der Waals surface area contributed by atoms with Crippen LogP contribution < -0.4 is 0 Å². The Kier molecular flexibility index (Phi) is 7.52. The average Bonchev–Trinajstić information content (AvgIpc) is 2.27. The van der Waals surface area contributed by atoms with E-state index in [2.05, 4.69) is 4.74 Å². The third kappa shape index (κ3) is 12.6. The molecular weight excluding hydrogens is 337 g/mol. The first-order valence-electron chi connectivity index (χ1n) is 6.49. The summed E-state index contributed by atoms with van der Waals surface area (Å²) in [5.74, 6) is -2.09. The minimum Gasteiger partial charge on any atom is -0.463 e. The molecule has 5 nitrogen and oxygen atoms in total. The van der Waals surface area contributed by atoms with Crippen molar-refractivity contribution in [1.82, 2.24) is 0 Å². The van der Waals surface area contributed by atoms with Gasteiger partial charge in [-0.1, -0.05) is 0 Å². The van der Waals surface area contributed by atoms with Gasteiger partial charge in [-0.2, -0.15) is 13.2 Å². The fourth-order valence-electron chi connectivity index (χ4n) is 1.49. The summed E-state index contributed by atoms with van der Waals surface area (Å²) in [4.78, 5) is 22.4. The second kappa shape index (κ2) is 7.93. The summed E-state index contributed by atoms with van der Waals surface area (Å²) in [6.45, 7) is 8.12. The maximum absolute atomic E-state index is 11.8. The van der Waals surface area contributed by atoms with Crippen molar-refractivity contribution in [1.29, 1.82) is 0 Å². The van der Waals surface area contributed by atoms with Crippen LogP contribution in [0, 0.1) is 0 Å². The molecule has 0 unspecified atom stereocenters. The minimum atomic E-state index is -4.60. The van der Waals surface area contributed by atoms with E-state index in [1.807, 2.05) is 32.7 Å². The van der Waals surface area contributed by atoms with Crippen molar-refractivity contribution in [3.05, 3.63) is 12.2 Å². The highest BCUT2D eigenvalue weighted by molar-refractivity contribution is 6.84. The summed E-state index contributed by atoms with van der Waals surface area (Å²) in [6.07, 6.45) is -3.18. The fraction of sp³-hybridized carbons (Fsp3) is 0.667. The molecule has 0 saturated heterocycles. The van der Waals surface area contributed by atoms with Crippen molar-refractivity contribution in [2.45, 2.75) is 38.9 Å². The van der Waals surface area contributed by atoms with Crippen LogP contribution in [0.15, 0.2) is 12.2 Å². The van der Waals surface area contributed by atoms with Crippen LogP contribution in [0.25, 0.3) is 0 Å². The van der Waals surface area contributed by atoms with E-state index in [0.29, 0.717) is 6.08 Å². The number of halogens is 3. The lowest BCUT2D eigenvalue weighted by Gasteiger charge is -2.30. The highest BCUT2D eigenvalue weighted by Gasteiger charge is 2.31. The van der Waals surface area contributed by atoms with Gasteiger partial charge in [0.15, 0.2) is 14.9 Å². The molecule has 0 atom stereocenters. The minimum absolute atomic E-state index is 0.0953. The predicted molar refractivity (Wildman–Crippen MR) is 79.0 cm³/mol. The molecular formula is C12H21F3O5Si2. The van der Waals surface area contributed by atoms with Gasteiger partial charge in [-0.3, -0.25) is 0 Å². The van der Waals surface area contributed by atoms with E-state index in [-0.39, 0.29) is 6.23 Å². The topological polar surface area (TPSA) is 61.8 Å². The Morgan fingerprint density at radius 2 is 1.41 bits per heavy atom. The lowest BCUT2D eigenvalue weighted by atomic mass is 10.5. The SMILES string of the molecule is C[Si](C)(C)O[Si](C)(C)COC(=O)C=CC(=O)OCC(F)(F)F. The molecule has 0 radical (unpaired) electrons. The molecule has 0 amide bonds. The van der Waals surface area contributed by atoms with Crippen molar-refractivity contribution in [2.24, 2.45) is 0 Å². The third-order valence-electron chi connectivity index (χ3n) is 1.88. The van der Waals surface area contributed by atoms with Gasteiger partial charge in [0.1, 0.15) is 6.23 Å². The Balaban J connectivity index is 4.23. The number of rotatable bonds is 7. The summed E-state index contributed by atoms with van der Waals surface area (Å²) in [7, 11) is -3.94. The monoisotopic (exact) mass is 358 g/mol. The van der Waals surface area contributed by atoms with Gasteiger partial charge in [-0.15, -0.1) is 0 Å². The van der Waals surface area contributed by atoms with Crippen molar-refractivity contribution >= 4 is 28.6 Å². The predicted octanol–water partition coefficient (Wildman–Crippen LogP) is 2.79. The number of esters is 2. The molecule has 0 saturated carbocycles. The summed E-state index contributed by atoms with van der Waals surface area (Å²) in [5.41, 5.74) is 0. The molecule has 0 heterocycles. The zero-order chi connectivity index (χ0) is 17.6. The maximum Gasteiger partial charge on any atom is 0.422 e. The molecule has 10 heteroatoms. The van der Waals surface area contributed by atoms with Gasteiger partial charge in [-0.25, -0.2) is 9.59 Å². The Labute approximate surface area is 129 Å². The molecule has 0 bridgehead atoms. The standard InChI is InChI=1S/C12H21F3O5Si2/c1-21(2,3)20-22(4,5)9-19-11(17)7-6-10(16)18-8-12(13,14)15/h6-7H,8-9H2,1-5H3. The quantitative estimate of drug-likeness (QED) is 0.398. The van der Waals surface area contributed by atoms with Crippen molar-refractivity contribution < 1.29 is 36.3 Å². The van der Waals surface area contributed by atoms with Gasteiger partial charge in [0.25, 0.3) is 0 Å². The Hall–Kier alpha value is -1.14. The first kappa shape index (κ1) is 20.9. The zero-order valence-corrected chi connectivity index (χ0v) is 15.2. The summed E-state index contributed by atoms with van der Waals surface area (Å²) in [5, 5.41) is 0. The number of carbonyl (C=O) groups is 2. The number of hydrogen-bond donors (Lipinski definition) is 0. The largest absolute Gasteiger partial charge is 0.463 e. The van der Waals surface area contributed by atoms with E-state index < -0.39 is 41.4 Å². The highest BCUT2D eigenvalue weighted by atomic mass is 28.4. The molecule has 0 rings (SSSR count). The number of hydrogen-bond acceptors (Lipinski definition) is 5. The van der Waals surface area contributed by atoms with E-state index in [1.54, 1.807) is 0 Å². The van der Waals surface area contributed by atoms with Crippen LogP contribution in [-0.4, -0.2) is 47.6 Å². The Morgan fingerprint density at radius 3 is 1.82 bits per heavy atom. The molecule has 0 aliphatic rings. The summed E-state index contributed by atoms with van der Waals surface area (Å²) in [6, 6.07) is 0. The van der Waals surface area contributed by atoms with Gasteiger partial charge >= 0.3 is 18.1 Å². The smallest absolute Gasteiger partial charge is 0.422 e. The first-order chi connectivity index (χ1) is 9.70. The van der Waals surface area contributed by atoms with Gasteiger partial charge < -0.3 is 13.6 Å². The van der Waals surface area contributed by atoms with Gasteiger partial charge in [0.2, 0.25) is 8.32 Å². The van der Waals surface area contributed by atoms with Crippen LogP contribution in [0.3, 0.4) is 0 Å². The van der Waals surface area contributed by atoms with Crippen molar-refractivity contribution in [2.75, 3.05) is 12.8 Å². The molecule has 0 aromatic rings. The van der Waals surface area contributed by atoms with Crippen LogP contribution >= 0.6 is 0 Å².